The lowest BCUT2D eigenvalue weighted by Gasteiger charge is -2.32. The van der Waals surface area contributed by atoms with Crippen molar-refractivity contribution < 1.29 is 9.90 Å². The molecule has 1 aliphatic rings. The molecular formula is C16H24N2O2. The Morgan fingerprint density at radius 3 is 2.70 bits per heavy atom. The van der Waals surface area contributed by atoms with Crippen molar-refractivity contribution in [1.29, 1.82) is 0 Å². The Kier molecular flexibility index (Phi) is 5.01. The molecule has 0 aromatic heterocycles. The number of nitrogens with one attached hydrogen (secondary N) is 1. The van der Waals surface area contributed by atoms with Crippen LogP contribution in [0.5, 0.6) is 5.75 Å². The Bertz CT molecular complexity index is 466. The monoisotopic (exact) mass is 276 g/mol. The lowest BCUT2D eigenvalue weighted by atomic mass is 9.96. The summed E-state index contributed by atoms with van der Waals surface area (Å²) in [5.41, 5.74) is 1.42. The first kappa shape index (κ1) is 14.9. The fraction of sp³-hybridized carbons (Fsp3) is 0.562. The van der Waals surface area contributed by atoms with Crippen LogP contribution in [0.15, 0.2) is 18.2 Å². The molecule has 0 radical (unpaired) electrons. The molecule has 4 nitrogen and oxygen atoms in total. The summed E-state index contributed by atoms with van der Waals surface area (Å²) >= 11 is 0. The fourth-order valence-corrected chi connectivity index (χ4v) is 2.66. The van der Waals surface area contributed by atoms with Crippen molar-refractivity contribution >= 4 is 5.91 Å². The molecule has 1 heterocycles. The predicted molar refractivity (Wildman–Crippen MR) is 80.0 cm³/mol. The van der Waals surface area contributed by atoms with Crippen molar-refractivity contribution in [1.82, 2.24) is 10.2 Å². The maximum atomic E-state index is 12.4. The second-order valence-corrected chi connectivity index (χ2v) is 5.54. The molecule has 4 heteroatoms. The predicted octanol–water partition coefficient (Wildman–Crippen LogP) is 2.16. The minimum absolute atomic E-state index is 0.0787. The Morgan fingerprint density at radius 2 is 2.10 bits per heavy atom. The van der Waals surface area contributed by atoms with Crippen molar-refractivity contribution in [3.8, 4) is 5.75 Å². The summed E-state index contributed by atoms with van der Waals surface area (Å²) in [6.07, 6.45) is 2.13. The van der Waals surface area contributed by atoms with E-state index in [0.29, 0.717) is 11.5 Å². The molecule has 0 saturated carbocycles. The fourth-order valence-electron chi connectivity index (χ4n) is 2.66. The largest absolute Gasteiger partial charge is 0.508 e. The molecule has 0 bridgehead atoms. The first-order valence-corrected chi connectivity index (χ1v) is 7.41. The van der Waals surface area contributed by atoms with Gasteiger partial charge in [-0.05, 0) is 62.5 Å². The highest BCUT2D eigenvalue weighted by Crippen LogP contribution is 2.21. The minimum atomic E-state index is 0.0787. The van der Waals surface area contributed by atoms with Crippen LogP contribution in [0.2, 0.25) is 0 Å². The second kappa shape index (κ2) is 6.75. The van der Waals surface area contributed by atoms with Crippen LogP contribution < -0.4 is 5.32 Å². The summed E-state index contributed by atoms with van der Waals surface area (Å²) in [5, 5.41) is 12.9. The molecule has 1 fully saturated rings. The SMILES string of the molecule is CCNCC1CCN(C(=O)c2ccc(O)c(C)c2)CC1. The quantitative estimate of drug-likeness (QED) is 0.886. The maximum absolute atomic E-state index is 12.4. The number of likely N-dealkylation sites (tertiary alicyclic amines) is 1. The first-order chi connectivity index (χ1) is 9.61. The van der Waals surface area contributed by atoms with Gasteiger partial charge in [-0.2, -0.15) is 0 Å². The molecule has 0 atom stereocenters. The normalized spacial score (nSPS) is 16.4. The van der Waals surface area contributed by atoms with Crippen LogP contribution in [0.4, 0.5) is 0 Å². The summed E-state index contributed by atoms with van der Waals surface area (Å²) < 4.78 is 0. The third-order valence-corrected chi connectivity index (χ3v) is 4.03. The number of hydrogen-bond acceptors (Lipinski definition) is 3. The summed E-state index contributed by atoms with van der Waals surface area (Å²) in [5.74, 6) is 1.00. The van der Waals surface area contributed by atoms with Crippen LogP contribution in [-0.4, -0.2) is 42.1 Å². The highest BCUT2D eigenvalue weighted by atomic mass is 16.3. The molecule has 1 aromatic carbocycles. The van der Waals surface area contributed by atoms with Gasteiger partial charge in [0.15, 0.2) is 0 Å². The van der Waals surface area contributed by atoms with Gasteiger partial charge >= 0.3 is 0 Å². The number of benzene rings is 1. The summed E-state index contributed by atoms with van der Waals surface area (Å²) in [7, 11) is 0. The maximum Gasteiger partial charge on any atom is 0.253 e. The lowest BCUT2D eigenvalue weighted by molar-refractivity contribution is 0.0690. The summed E-state index contributed by atoms with van der Waals surface area (Å²) in [6.45, 7) is 7.65. The summed E-state index contributed by atoms with van der Waals surface area (Å²) in [4.78, 5) is 14.3. The van der Waals surface area contributed by atoms with Crippen molar-refractivity contribution in [2.45, 2.75) is 26.7 Å². The molecule has 1 amide bonds. The molecule has 0 unspecified atom stereocenters. The first-order valence-electron chi connectivity index (χ1n) is 7.41. The van der Waals surface area contributed by atoms with Crippen molar-refractivity contribution in [3.63, 3.8) is 0 Å². The number of amides is 1. The van der Waals surface area contributed by atoms with E-state index in [2.05, 4.69) is 12.2 Å². The third kappa shape index (κ3) is 3.51. The molecule has 110 valence electrons. The highest BCUT2D eigenvalue weighted by molar-refractivity contribution is 5.94. The van der Waals surface area contributed by atoms with E-state index in [9.17, 15) is 9.90 Å². The van der Waals surface area contributed by atoms with E-state index in [-0.39, 0.29) is 11.7 Å². The van der Waals surface area contributed by atoms with Gasteiger partial charge in [0, 0.05) is 18.7 Å². The number of aromatic hydroxyl groups is 1. The van der Waals surface area contributed by atoms with Gasteiger partial charge in [0.2, 0.25) is 0 Å². The molecule has 1 aliphatic heterocycles. The number of rotatable bonds is 4. The number of nitrogens with zero attached hydrogens (tertiary/aromatic N) is 1. The van der Waals surface area contributed by atoms with E-state index in [1.807, 2.05) is 11.8 Å². The van der Waals surface area contributed by atoms with Crippen molar-refractivity contribution in [3.05, 3.63) is 29.3 Å². The van der Waals surface area contributed by atoms with Crippen molar-refractivity contribution in [2.24, 2.45) is 5.92 Å². The number of piperidine rings is 1. The molecule has 2 N–H and O–H groups in total. The number of phenolic OH excluding ortho intramolecular Hbond substituents is 1. The minimum Gasteiger partial charge on any atom is -0.508 e. The van der Waals surface area contributed by atoms with Crippen molar-refractivity contribution in [2.75, 3.05) is 26.2 Å². The van der Waals surface area contributed by atoms with E-state index in [4.69, 9.17) is 0 Å². The number of aryl methyl sites for hydroxylation is 1. The van der Waals surface area contributed by atoms with E-state index >= 15 is 0 Å². The molecule has 0 spiro atoms. The standard InChI is InChI=1S/C16H24N2O2/c1-3-17-11-13-6-8-18(9-7-13)16(20)14-4-5-15(19)12(2)10-14/h4-5,10,13,17,19H,3,6-9,11H2,1-2H3. The average molecular weight is 276 g/mol. The zero-order chi connectivity index (χ0) is 14.5. The molecule has 20 heavy (non-hydrogen) atoms. The van der Waals surface area contributed by atoms with Crippen LogP contribution in [0.3, 0.4) is 0 Å². The highest BCUT2D eigenvalue weighted by Gasteiger charge is 2.23. The molecule has 1 saturated heterocycles. The van der Waals surface area contributed by atoms with Crippen LogP contribution in [0, 0.1) is 12.8 Å². The van der Waals surface area contributed by atoms with Crippen LogP contribution in [0.1, 0.15) is 35.7 Å². The average Bonchev–Trinajstić information content (AvgIpc) is 2.48. The van der Waals surface area contributed by atoms with Crippen LogP contribution in [0.25, 0.3) is 0 Å². The van der Waals surface area contributed by atoms with Crippen LogP contribution >= 0.6 is 0 Å². The molecule has 1 aromatic rings. The van der Waals surface area contributed by atoms with Gasteiger partial charge in [-0.3, -0.25) is 4.79 Å². The summed E-state index contributed by atoms with van der Waals surface area (Å²) in [6, 6.07) is 5.07. The topological polar surface area (TPSA) is 52.6 Å². The van der Waals surface area contributed by atoms with Gasteiger partial charge < -0.3 is 15.3 Å². The second-order valence-electron chi connectivity index (χ2n) is 5.54. The molecule has 0 aliphatic carbocycles. The number of phenols is 1. The van der Waals surface area contributed by atoms with Crippen LogP contribution in [-0.2, 0) is 0 Å². The Morgan fingerprint density at radius 1 is 1.40 bits per heavy atom. The van der Waals surface area contributed by atoms with E-state index in [1.165, 1.54) is 0 Å². The van der Waals surface area contributed by atoms with Gasteiger partial charge in [0.05, 0.1) is 0 Å². The third-order valence-electron chi connectivity index (χ3n) is 4.03. The number of carbonyl (C=O) groups is 1. The molecular weight excluding hydrogens is 252 g/mol. The smallest absolute Gasteiger partial charge is 0.253 e. The Hall–Kier alpha value is -1.55. The Balaban J connectivity index is 1.92. The van der Waals surface area contributed by atoms with Gasteiger partial charge in [-0.15, -0.1) is 0 Å². The van der Waals surface area contributed by atoms with E-state index < -0.39 is 0 Å². The van der Waals surface area contributed by atoms with Gasteiger partial charge in [0.25, 0.3) is 5.91 Å². The lowest BCUT2D eigenvalue weighted by Crippen LogP contribution is -2.40. The van der Waals surface area contributed by atoms with Gasteiger partial charge in [-0.25, -0.2) is 0 Å². The van der Waals surface area contributed by atoms with E-state index in [0.717, 1.165) is 44.6 Å². The molecule has 2 rings (SSSR count). The zero-order valence-corrected chi connectivity index (χ0v) is 12.4. The van der Waals surface area contributed by atoms with E-state index in [1.54, 1.807) is 18.2 Å². The number of carbonyl (C=O) groups excluding carboxylic acids is 1. The van der Waals surface area contributed by atoms with Gasteiger partial charge in [-0.1, -0.05) is 6.92 Å². The Labute approximate surface area is 120 Å². The number of hydrogen-bond donors (Lipinski definition) is 2. The van der Waals surface area contributed by atoms with Gasteiger partial charge in [0.1, 0.15) is 5.75 Å². The zero-order valence-electron chi connectivity index (χ0n) is 12.4.